The minimum Gasteiger partial charge on any atom is -0.488 e. The van der Waals surface area contributed by atoms with Gasteiger partial charge in [-0.15, -0.1) is 11.3 Å². The molecule has 2 N–H and O–H groups in total. The lowest BCUT2D eigenvalue weighted by Gasteiger charge is -2.12. The number of nitrogens with one attached hydrogen (secondary N) is 2. The van der Waals surface area contributed by atoms with E-state index in [0.717, 1.165) is 22.9 Å². The summed E-state index contributed by atoms with van der Waals surface area (Å²) in [6.45, 7) is 2.89. The summed E-state index contributed by atoms with van der Waals surface area (Å²) in [5.41, 5.74) is 2.18. The van der Waals surface area contributed by atoms with Crippen molar-refractivity contribution in [2.24, 2.45) is 0 Å². The van der Waals surface area contributed by atoms with Crippen LogP contribution in [0.2, 0.25) is 0 Å². The Morgan fingerprint density at radius 3 is 3.05 bits per heavy atom. The standard InChI is InChI=1S/C15H17N3O2S/c1-10-9-21-14(18-10)8-17-15(19)16-7-12-6-11-4-2-3-5-13(11)20-12/h2-5,9,12H,6-8H2,1H3,(H2,16,17,19)/t12-/m0/s1. The predicted octanol–water partition coefficient (Wildman–Crippen LogP) is 2.25. The van der Waals surface area contributed by atoms with Gasteiger partial charge in [0.2, 0.25) is 0 Å². The Morgan fingerprint density at radius 1 is 1.43 bits per heavy atom. The second kappa shape index (κ2) is 6.13. The van der Waals surface area contributed by atoms with Crippen molar-refractivity contribution in [1.82, 2.24) is 15.6 Å². The van der Waals surface area contributed by atoms with E-state index in [-0.39, 0.29) is 12.1 Å². The van der Waals surface area contributed by atoms with Gasteiger partial charge >= 0.3 is 6.03 Å². The zero-order valence-electron chi connectivity index (χ0n) is 11.8. The lowest BCUT2D eigenvalue weighted by atomic mass is 10.1. The summed E-state index contributed by atoms with van der Waals surface area (Å²) in [5, 5.41) is 8.52. The Labute approximate surface area is 127 Å². The summed E-state index contributed by atoms with van der Waals surface area (Å²) >= 11 is 1.55. The highest BCUT2D eigenvalue weighted by Crippen LogP contribution is 2.27. The number of carbonyl (C=O) groups is 1. The van der Waals surface area contributed by atoms with E-state index in [9.17, 15) is 4.79 Å². The van der Waals surface area contributed by atoms with Gasteiger partial charge in [0.25, 0.3) is 0 Å². The van der Waals surface area contributed by atoms with Crippen molar-refractivity contribution in [3.63, 3.8) is 0 Å². The summed E-state index contributed by atoms with van der Waals surface area (Å²) in [6, 6.07) is 7.78. The van der Waals surface area contributed by atoms with Crippen molar-refractivity contribution in [1.29, 1.82) is 0 Å². The van der Waals surface area contributed by atoms with E-state index >= 15 is 0 Å². The molecule has 0 radical (unpaired) electrons. The normalized spacial score (nSPS) is 16.1. The number of ether oxygens (including phenoxy) is 1. The average molecular weight is 303 g/mol. The Balaban J connectivity index is 1.41. The molecule has 0 bridgehead atoms. The molecule has 2 aromatic rings. The van der Waals surface area contributed by atoms with Crippen LogP contribution in [-0.4, -0.2) is 23.7 Å². The SMILES string of the molecule is Cc1csc(CNC(=O)NC[C@@H]2Cc3ccccc3O2)n1. The smallest absolute Gasteiger partial charge is 0.315 e. The topological polar surface area (TPSA) is 63.2 Å². The fourth-order valence-electron chi connectivity index (χ4n) is 2.28. The molecular weight excluding hydrogens is 286 g/mol. The minimum atomic E-state index is -0.192. The molecule has 0 saturated heterocycles. The highest BCUT2D eigenvalue weighted by atomic mass is 32.1. The Kier molecular flexibility index (Phi) is 4.06. The molecule has 0 spiro atoms. The van der Waals surface area contributed by atoms with Gasteiger partial charge < -0.3 is 15.4 Å². The zero-order chi connectivity index (χ0) is 14.7. The number of urea groups is 1. The zero-order valence-corrected chi connectivity index (χ0v) is 12.6. The van der Waals surface area contributed by atoms with Crippen LogP contribution in [0.25, 0.3) is 0 Å². The molecular formula is C15H17N3O2S. The first-order valence-corrected chi connectivity index (χ1v) is 7.76. The highest BCUT2D eigenvalue weighted by Gasteiger charge is 2.22. The maximum Gasteiger partial charge on any atom is 0.315 e. The van der Waals surface area contributed by atoms with Crippen LogP contribution in [0.4, 0.5) is 4.79 Å². The van der Waals surface area contributed by atoms with Gasteiger partial charge in [0.05, 0.1) is 13.1 Å². The van der Waals surface area contributed by atoms with Gasteiger partial charge in [-0.2, -0.15) is 0 Å². The third-order valence-corrected chi connectivity index (χ3v) is 4.24. The molecule has 2 amide bonds. The van der Waals surface area contributed by atoms with Crippen LogP contribution in [0.3, 0.4) is 0 Å². The molecule has 110 valence electrons. The van der Waals surface area contributed by atoms with Gasteiger partial charge in [0, 0.05) is 17.5 Å². The fourth-order valence-corrected chi connectivity index (χ4v) is 2.99. The van der Waals surface area contributed by atoms with Crippen LogP contribution in [-0.2, 0) is 13.0 Å². The Hall–Kier alpha value is -2.08. The molecule has 1 aliphatic heterocycles. The summed E-state index contributed by atoms with van der Waals surface area (Å²) < 4.78 is 5.77. The molecule has 1 atom stereocenters. The molecule has 0 unspecified atom stereocenters. The number of fused-ring (bicyclic) bond motifs is 1. The predicted molar refractivity (Wildman–Crippen MR) is 81.7 cm³/mol. The third-order valence-electron chi connectivity index (χ3n) is 3.27. The first kappa shape index (κ1) is 13.9. The van der Waals surface area contributed by atoms with Crippen LogP contribution in [0.15, 0.2) is 29.6 Å². The second-order valence-electron chi connectivity index (χ2n) is 5.00. The molecule has 21 heavy (non-hydrogen) atoms. The van der Waals surface area contributed by atoms with Gasteiger partial charge in [0.1, 0.15) is 16.9 Å². The lowest BCUT2D eigenvalue weighted by Crippen LogP contribution is -2.40. The molecule has 0 saturated carbocycles. The number of hydrogen-bond donors (Lipinski definition) is 2. The van der Waals surface area contributed by atoms with Crippen molar-refractivity contribution in [2.75, 3.05) is 6.54 Å². The maximum absolute atomic E-state index is 11.8. The van der Waals surface area contributed by atoms with Crippen LogP contribution in [0.5, 0.6) is 5.75 Å². The number of thiazole rings is 1. The van der Waals surface area contributed by atoms with Crippen molar-refractivity contribution in [3.05, 3.63) is 45.9 Å². The molecule has 1 aliphatic rings. The van der Waals surface area contributed by atoms with E-state index in [1.807, 2.05) is 30.5 Å². The van der Waals surface area contributed by atoms with Crippen molar-refractivity contribution in [3.8, 4) is 5.75 Å². The third kappa shape index (κ3) is 3.52. The van der Waals surface area contributed by atoms with E-state index in [1.54, 1.807) is 11.3 Å². The first-order chi connectivity index (χ1) is 10.2. The molecule has 5 nitrogen and oxygen atoms in total. The van der Waals surface area contributed by atoms with Gasteiger partial charge in [0.15, 0.2) is 0 Å². The van der Waals surface area contributed by atoms with Crippen LogP contribution < -0.4 is 15.4 Å². The molecule has 2 heterocycles. The number of aromatic nitrogens is 1. The first-order valence-electron chi connectivity index (χ1n) is 6.88. The van der Waals surface area contributed by atoms with E-state index in [2.05, 4.69) is 21.7 Å². The molecule has 6 heteroatoms. The maximum atomic E-state index is 11.8. The number of para-hydroxylation sites is 1. The molecule has 0 aliphatic carbocycles. The molecule has 0 fully saturated rings. The number of nitrogens with zero attached hydrogens (tertiary/aromatic N) is 1. The van der Waals surface area contributed by atoms with Gasteiger partial charge in [-0.25, -0.2) is 9.78 Å². The number of hydrogen-bond acceptors (Lipinski definition) is 4. The van der Waals surface area contributed by atoms with Crippen molar-refractivity contribution in [2.45, 2.75) is 26.0 Å². The average Bonchev–Trinajstić information content (AvgIpc) is 3.08. The van der Waals surface area contributed by atoms with E-state index in [1.165, 1.54) is 5.56 Å². The lowest BCUT2D eigenvalue weighted by molar-refractivity contribution is 0.214. The number of amides is 2. The number of rotatable bonds is 4. The quantitative estimate of drug-likeness (QED) is 0.910. The second-order valence-corrected chi connectivity index (χ2v) is 5.94. The Bertz CT molecular complexity index is 616. The molecule has 1 aromatic carbocycles. The molecule has 3 rings (SSSR count). The summed E-state index contributed by atoms with van der Waals surface area (Å²) in [6.07, 6.45) is 0.845. The largest absolute Gasteiger partial charge is 0.488 e. The van der Waals surface area contributed by atoms with Crippen LogP contribution in [0.1, 0.15) is 16.3 Å². The van der Waals surface area contributed by atoms with Crippen LogP contribution >= 0.6 is 11.3 Å². The van der Waals surface area contributed by atoms with Gasteiger partial charge in [-0.3, -0.25) is 0 Å². The number of aryl methyl sites for hydroxylation is 1. The molecule has 1 aromatic heterocycles. The number of carbonyl (C=O) groups excluding carboxylic acids is 1. The van der Waals surface area contributed by atoms with Crippen LogP contribution in [0, 0.1) is 6.92 Å². The minimum absolute atomic E-state index is 0.00950. The Morgan fingerprint density at radius 2 is 2.29 bits per heavy atom. The van der Waals surface area contributed by atoms with Gasteiger partial charge in [-0.05, 0) is 18.6 Å². The summed E-state index contributed by atoms with van der Waals surface area (Å²) in [5.74, 6) is 0.919. The summed E-state index contributed by atoms with van der Waals surface area (Å²) in [7, 11) is 0. The van der Waals surface area contributed by atoms with Gasteiger partial charge in [-0.1, -0.05) is 18.2 Å². The number of benzene rings is 1. The monoisotopic (exact) mass is 303 g/mol. The summed E-state index contributed by atoms with van der Waals surface area (Å²) in [4.78, 5) is 16.1. The van der Waals surface area contributed by atoms with E-state index in [4.69, 9.17) is 4.74 Å². The fraction of sp³-hybridized carbons (Fsp3) is 0.333. The van der Waals surface area contributed by atoms with Crippen molar-refractivity contribution < 1.29 is 9.53 Å². The van der Waals surface area contributed by atoms with E-state index in [0.29, 0.717) is 13.1 Å². The van der Waals surface area contributed by atoms with E-state index < -0.39 is 0 Å². The van der Waals surface area contributed by atoms with Crippen molar-refractivity contribution >= 4 is 17.4 Å². The highest BCUT2D eigenvalue weighted by molar-refractivity contribution is 7.09.